The molecule has 0 aromatic heterocycles. The Morgan fingerprint density at radius 2 is 1.76 bits per heavy atom. The Balaban J connectivity index is 1.46. The van der Waals surface area contributed by atoms with Crippen molar-refractivity contribution in [2.45, 2.75) is 37.5 Å². The predicted octanol–water partition coefficient (Wildman–Crippen LogP) is 3.47. The van der Waals surface area contributed by atoms with Gasteiger partial charge in [-0.05, 0) is 55.2 Å². The summed E-state index contributed by atoms with van der Waals surface area (Å²) in [5.74, 6) is -2.50. The fourth-order valence-electron chi connectivity index (χ4n) is 5.23. The van der Waals surface area contributed by atoms with Gasteiger partial charge in [-0.1, -0.05) is 12.1 Å². The summed E-state index contributed by atoms with van der Waals surface area (Å²) in [6.45, 7) is 0.659. The average Bonchev–Trinajstić information content (AvgIpc) is 2.79. The number of nitrogens with zero attached hydrogens (tertiary/aromatic N) is 4. The number of halogens is 4. The van der Waals surface area contributed by atoms with Crippen LogP contribution in [0.1, 0.15) is 36.0 Å². The third-order valence-electron chi connectivity index (χ3n) is 7.43. The maximum Gasteiger partial charge on any atom is 0.416 e. The van der Waals surface area contributed by atoms with Crippen LogP contribution >= 0.6 is 0 Å². The van der Waals surface area contributed by atoms with Crippen molar-refractivity contribution >= 4 is 23.4 Å². The number of piperazine rings is 1. The molecule has 1 aliphatic carbocycles. The fraction of sp³-hybridized carbons (Fsp3) is 0.385. The molecule has 2 aliphatic heterocycles. The standard InChI is InChI=1S/C26H22F4N4O3/c27-20-10-17(13-31)4-7-21(20)33-15-22(35)34(14-16-2-5-19(6-3-16)26(28,29)30)25(24(33)37)11-18(12-25)23(36)32-8-1-9-32/h2-7,10,18H,1,8-9,11-12,14-15H2. The largest absolute Gasteiger partial charge is 0.416 e. The van der Waals surface area contributed by atoms with Crippen LogP contribution in [0.15, 0.2) is 42.5 Å². The van der Waals surface area contributed by atoms with Crippen LogP contribution < -0.4 is 4.90 Å². The molecule has 192 valence electrons. The molecule has 0 N–H and O–H groups in total. The molecular formula is C26H22F4N4O3. The van der Waals surface area contributed by atoms with Crippen LogP contribution in [0.25, 0.3) is 0 Å². The van der Waals surface area contributed by atoms with E-state index in [4.69, 9.17) is 5.26 Å². The summed E-state index contributed by atoms with van der Waals surface area (Å²) < 4.78 is 53.8. The molecular weight excluding hydrogens is 492 g/mol. The smallest absolute Gasteiger partial charge is 0.342 e. The normalized spacial score (nSPS) is 23.5. The molecule has 0 unspecified atom stereocenters. The minimum atomic E-state index is -4.51. The number of benzene rings is 2. The maximum absolute atomic E-state index is 14.8. The van der Waals surface area contributed by atoms with Gasteiger partial charge in [0.2, 0.25) is 11.8 Å². The van der Waals surface area contributed by atoms with E-state index in [2.05, 4.69) is 0 Å². The predicted molar refractivity (Wildman–Crippen MR) is 122 cm³/mol. The first-order chi connectivity index (χ1) is 17.5. The molecule has 37 heavy (non-hydrogen) atoms. The van der Waals surface area contributed by atoms with Gasteiger partial charge in [0.25, 0.3) is 5.91 Å². The summed E-state index contributed by atoms with van der Waals surface area (Å²) in [6, 6.07) is 9.72. The lowest BCUT2D eigenvalue weighted by molar-refractivity contribution is -0.168. The van der Waals surface area contributed by atoms with Crippen molar-refractivity contribution in [3.63, 3.8) is 0 Å². The number of nitriles is 1. The average molecular weight is 514 g/mol. The third kappa shape index (κ3) is 4.20. The molecule has 0 radical (unpaired) electrons. The lowest BCUT2D eigenvalue weighted by atomic mass is 9.64. The highest BCUT2D eigenvalue weighted by atomic mass is 19.4. The lowest BCUT2D eigenvalue weighted by Gasteiger charge is -2.57. The Hall–Kier alpha value is -3.94. The van der Waals surface area contributed by atoms with Crippen LogP contribution in [0.5, 0.6) is 0 Å². The summed E-state index contributed by atoms with van der Waals surface area (Å²) in [7, 11) is 0. The van der Waals surface area contributed by atoms with Crippen molar-refractivity contribution in [3.8, 4) is 6.07 Å². The van der Waals surface area contributed by atoms with Crippen LogP contribution in [0, 0.1) is 23.1 Å². The highest BCUT2D eigenvalue weighted by Crippen LogP contribution is 2.48. The summed E-state index contributed by atoms with van der Waals surface area (Å²) in [5, 5.41) is 9.02. The Bertz CT molecular complexity index is 1310. The van der Waals surface area contributed by atoms with Gasteiger partial charge in [0.15, 0.2) is 0 Å². The molecule has 2 aromatic rings. The van der Waals surface area contributed by atoms with Gasteiger partial charge in [-0.2, -0.15) is 18.4 Å². The highest BCUT2D eigenvalue weighted by Gasteiger charge is 2.62. The molecule has 3 aliphatic rings. The summed E-state index contributed by atoms with van der Waals surface area (Å²) in [6.07, 6.45) is -3.53. The van der Waals surface area contributed by atoms with E-state index in [1.165, 1.54) is 29.2 Å². The van der Waals surface area contributed by atoms with Crippen LogP contribution in [0.2, 0.25) is 0 Å². The van der Waals surface area contributed by atoms with Crippen LogP contribution in [0.4, 0.5) is 23.2 Å². The van der Waals surface area contributed by atoms with Crippen LogP contribution in [0.3, 0.4) is 0 Å². The molecule has 0 atom stereocenters. The van der Waals surface area contributed by atoms with Gasteiger partial charge in [0.05, 0.1) is 22.9 Å². The molecule has 2 saturated heterocycles. The second kappa shape index (κ2) is 8.87. The number of carbonyl (C=O) groups excluding carboxylic acids is 3. The number of rotatable bonds is 4. The van der Waals surface area contributed by atoms with Gasteiger partial charge in [-0.15, -0.1) is 0 Å². The minimum Gasteiger partial charge on any atom is -0.342 e. The van der Waals surface area contributed by atoms with E-state index < -0.39 is 47.4 Å². The molecule has 0 bridgehead atoms. The van der Waals surface area contributed by atoms with Crippen molar-refractivity contribution in [1.29, 1.82) is 5.26 Å². The fourth-order valence-corrected chi connectivity index (χ4v) is 5.23. The van der Waals surface area contributed by atoms with Crippen molar-refractivity contribution in [2.24, 2.45) is 5.92 Å². The Morgan fingerprint density at radius 3 is 2.30 bits per heavy atom. The van der Waals surface area contributed by atoms with Crippen molar-refractivity contribution in [2.75, 3.05) is 24.5 Å². The molecule has 3 amide bonds. The topological polar surface area (TPSA) is 84.7 Å². The zero-order valence-corrected chi connectivity index (χ0v) is 19.6. The first-order valence-corrected chi connectivity index (χ1v) is 11.8. The number of hydrogen-bond donors (Lipinski definition) is 0. The van der Waals surface area contributed by atoms with Gasteiger partial charge in [-0.3, -0.25) is 19.3 Å². The SMILES string of the molecule is N#Cc1ccc(N2CC(=O)N(Cc3ccc(C(F)(F)F)cc3)C3(CC(C(=O)N4CCC4)C3)C2=O)c(F)c1. The van der Waals surface area contributed by atoms with Gasteiger partial charge in [0.1, 0.15) is 17.9 Å². The van der Waals surface area contributed by atoms with E-state index in [0.717, 1.165) is 29.5 Å². The Morgan fingerprint density at radius 1 is 1.08 bits per heavy atom. The molecule has 2 aromatic carbocycles. The summed E-state index contributed by atoms with van der Waals surface area (Å²) in [4.78, 5) is 44.0. The number of hydrogen-bond acceptors (Lipinski definition) is 4. The van der Waals surface area contributed by atoms with Crippen LogP contribution in [-0.2, 0) is 27.1 Å². The van der Waals surface area contributed by atoms with E-state index in [-0.39, 0.29) is 36.5 Å². The Kier molecular flexibility index (Phi) is 5.93. The first-order valence-electron chi connectivity index (χ1n) is 11.8. The molecule has 2 heterocycles. The van der Waals surface area contributed by atoms with Crippen molar-refractivity contribution < 1.29 is 31.9 Å². The van der Waals surface area contributed by atoms with E-state index in [1.54, 1.807) is 4.90 Å². The number of likely N-dealkylation sites (tertiary alicyclic amines) is 1. The molecule has 1 spiro atoms. The minimum absolute atomic E-state index is 0.0436. The molecule has 7 nitrogen and oxygen atoms in total. The second-order valence-corrected chi connectivity index (χ2v) is 9.66. The lowest BCUT2D eigenvalue weighted by Crippen LogP contribution is -2.74. The number of alkyl halides is 3. The summed E-state index contributed by atoms with van der Waals surface area (Å²) >= 11 is 0. The molecule has 11 heteroatoms. The quantitative estimate of drug-likeness (QED) is 0.585. The van der Waals surface area contributed by atoms with Gasteiger partial charge in [-0.25, -0.2) is 4.39 Å². The molecule has 5 rings (SSSR count). The number of carbonyl (C=O) groups is 3. The van der Waals surface area contributed by atoms with Gasteiger partial charge in [0, 0.05) is 25.6 Å². The number of anilines is 1. The zero-order valence-electron chi connectivity index (χ0n) is 19.6. The molecule has 1 saturated carbocycles. The van der Waals surface area contributed by atoms with Gasteiger partial charge >= 0.3 is 6.18 Å². The van der Waals surface area contributed by atoms with E-state index in [0.29, 0.717) is 18.7 Å². The van der Waals surface area contributed by atoms with Crippen molar-refractivity contribution in [1.82, 2.24) is 9.80 Å². The van der Waals surface area contributed by atoms with Gasteiger partial charge < -0.3 is 9.80 Å². The van der Waals surface area contributed by atoms with E-state index in [1.807, 2.05) is 6.07 Å². The van der Waals surface area contributed by atoms with Crippen molar-refractivity contribution in [3.05, 3.63) is 65.0 Å². The molecule has 3 fully saturated rings. The first kappa shape index (κ1) is 24.7. The third-order valence-corrected chi connectivity index (χ3v) is 7.43. The Labute approximate surface area is 209 Å². The van der Waals surface area contributed by atoms with E-state index >= 15 is 0 Å². The van der Waals surface area contributed by atoms with E-state index in [9.17, 15) is 31.9 Å². The maximum atomic E-state index is 14.8. The number of amides is 3. The van der Waals surface area contributed by atoms with Crippen LogP contribution in [-0.4, -0.2) is 52.7 Å². The second-order valence-electron chi connectivity index (χ2n) is 9.66. The zero-order chi connectivity index (χ0) is 26.5. The monoisotopic (exact) mass is 514 g/mol. The highest BCUT2D eigenvalue weighted by molar-refractivity contribution is 6.10. The summed E-state index contributed by atoms with van der Waals surface area (Å²) in [5.41, 5.74) is -1.96.